The Hall–Kier alpha value is -2.41. The summed E-state index contributed by atoms with van der Waals surface area (Å²) in [5.41, 5.74) is 2.66. The highest BCUT2D eigenvalue weighted by Crippen LogP contribution is 2.41. The Morgan fingerprint density at radius 2 is 2.04 bits per heavy atom. The molecule has 0 saturated heterocycles. The minimum Gasteiger partial charge on any atom is -0.353 e. The van der Waals surface area contributed by atoms with Gasteiger partial charge < -0.3 is 10.6 Å². The molecule has 2 heterocycles. The number of hydrogen-bond donors (Lipinski definition) is 2. The number of thiophene rings is 1. The highest BCUT2D eigenvalue weighted by atomic mass is 32.1. The minimum atomic E-state index is -0.435. The molecule has 7 heteroatoms. The molecule has 0 radical (unpaired) electrons. The number of carbonyl (C=O) groups is 1. The number of aryl methyl sites for hydroxylation is 1. The summed E-state index contributed by atoms with van der Waals surface area (Å²) in [4.78, 5) is 24.3. The zero-order chi connectivity index (χ0) is 16.0. The predicted octanol–water partition coefficient (Wildman–Crippen LogP) is 3.39. The second-order valence-electron chi connectivity index (χ2n) is 5.82. The monoisotopic (exact) mass is 329 g/mol. The molecular formula is C16H15N3O3S. The van der Waals surface area contributed by atoms with E-state index in [0.717, 1.165) is 29.8 Å². The van der Waals surface area contributed by atoms with Crippen LogP contribution in [0.5, 0.6) is 0 Å². The van der Waals surface area contributed by atoms with Crippen molar-refractivity contribution in [2.75, 3.05) is 5.32 Å². The zero-order valence-corrected chi connectivity index (χ0v) is 13.1. The normalized spacial score (nSPS) is 19.3. The van der Waals surface area contributed by atoms with E-state index >= 15 is 0 Å². The van der Waals surface area contributed by atoms with Crippen LogP contribution in [-0.2, 0) is 12.8 Å². The van der Waals surface area contributed by atoms with Crippen LogP contribution in [0.2, 0.25) is 0 Å². The third-order valence-electron chi connectivity index (χ3n) is 4.36. The van der Waals surface area contributed by atoms with Crippen molar-refractivity contribution in [3.8, 4) is 0 Å². The maximum atomic E-state index is 12.5. The molecule has 0 unspecified atom stereocenters. The molecule has 2 aromatic rings. The van der Waals surface area contributed by atoms with E-state index in [0.29, 0.717) is 5.56 Å². The summed E-state index contributed by atoms with van der Waals surface area (Å²) in [6, 6.07) is 6.36. The maximum absolute atomic E-state index is 12.5. The van der Waals surface area contributed by atoms with E-state index in [1.54, 1.807) is 23.5 Å². The number of nitro benzene ring substituents is 1. The van der Waals surface area contributed by atoms with E-state index in [-0.39, 0.29) is 11.6 Å². The Balaban J connectivity index is 1.70. The van der Waals surface area contributed by atoms with Gasteiger partial charge in [-0.3, -0.25) is 14.9 Å². The van der Waals surface area contributed by atoms with E-state index in [9.17, 15) is 14.9 Å². The van der Waals surface area contributed by atoms with Gasteiger partial charge in [0.1, 0.15) is 11.2 Å². The van der Waals surface area contributed by atoms with E-state index < -0.39 is 11.1 Å². The van der Waals surface area contributed by atoms with Crippen LogP contribution in [0.1, 0.15) is 45.4 Å². The minimum absolute atomic E-state index is 0.0230. The van der Waals surface area contributed by atoms with Gasteiger partial charge in [0, 0.05) is 22.6 Å². The van der Waals surface area contributed by atoms with Gasteiger partial charge in [-0.25, -0.2) is 0 Å². The van der Waals surface area contributed by atoms with Crippen LogP contribution in [0.4, 0.5) is 10.7 Å². The van der Waals surface area contributed by atoms with Crippen molar-refractivity contribution >= 4 is 27.9 Å². The highest BCUT2D eigenvalue weighted by molar-refractivity contribution is 7.16. The van der Waals surface area contributed by atoms with Crippen molar-refractivity contribution < 1.29 is 9.72 Å². The number of rotatable bonds is 2. The van der Waals surface area contributed by atoms with Crippen molar-refractivity contribution in [1.82, 2.24) is 5.32 Å². The number of amides is 1. The second kappa shape index (κ2) is 5.34. The van der Waals surface area contributed by atoms with Crippen LogP contribution < -0.4 is 10.6 Å². The molecule has 0 spiro atoms. The fourth-order valence-electron chi connectivity index (χ4n) is 3.26. The maximum Gasteiger partial charge on any atom is 0.269 e. The third-order valence-corrected chi connectivity index (χ3v) is 5.59. The topological polar surface area (TPSA) is 84.3 Å². The van der Waals surface area contributed by atoms with Gasteiger partial charge in [0.15, 0.2) is 0 Å². The molecule has 1 atom stereocenters. The van der Waals surface area contributed by atoms with Crippen LogP contribution in [-0.4, -0.2) is 10.8 Å². The van der Waals surface area contributed by atoms with Gasteiger partial charge in [0.2, 0.25) is 0 Å². The average Bonchev–Trinajstić information content (AvgIpc) is 2.93. The fraction of sp³-hybridized carbons (Fsp3) is 0.312. The number of nitrogens with zero attached hydrogens (tertiary/aromatic N) is 1. The van der Waals surface area contributed by atoms with Gasteiger partial charge >= 0.3 is 0 Å². The molecule has 4 rings (SSSR count). The summed E-state index contributed by atoms with van der Waals surface area (Å²) in [6.45, 7) is 0. The zero-order valence-electron chi connectivity index (χ0n) is 12.3. The Morgan fingerprint density at radius 3 is 2.87 bits per heavy atom. The molecule has 23 heavy (non-hydrogen) atoms. The quantitative estimate of drug-likeness (QED) is 0.653. The fourth-order valence-corrected chi connectivity index (χ4v) is 4.58. The number of carbonyl (C=O) groups excluding carboxylic acids is 1. The summed E-state index contributed by atoms with van der Waals surface area (Å²) in [6.07, 6.45) is 3.84. The highest BCUT2D eigenvalue weighted by Gasteiger charge is 2.32. The molecular weight excluding hydrogens is 314 g/mol. The molecule has 1 aromatic carbocycles. The largest absolute Gasteiger partial charge is 0.353 e. The first kappa shape index (κ1) is 14.2. The Morgan fingerprint density at radius 1 is 1.22 bits per heavy atom. The van der Waals surface area contributed by atoms with Gasteiger partial charge in [-0.2, -0.15) is 0 Å². The molecule has 0 bridgehead atoms. The molecule has 0 fully saturated rings. The smallest absolute Gasteiger partial charge is 0.269 e. The van der Waals surface area contributed by atoms with Crippen molar-refractivity contribution in [1.29, 1.82) is 0 Å². The lowest BCUT2D eigenvalue weighted by Gasteiger charge is -2.26. The van der Waals surface area contributed by atoms with Gasteiger partial charge in [0.05, 0.1) is 10.5 Å². The van der Waals surface area contributed by atoms with Crippen LogP contribution >= 0.6 is 11.3 Å². The van der Waals surface area contributed by atoms with Crippen LogP contribution in [0.25, 0.3) is 0 Å². The van der Waals surface area contributed by atoms with Gasteiger partial charge in [-0.1, -0.05) is 12.1 Å². The lowest BCUT2D eigenvalue weighted by atomic mass is 9.94. The summed E-state index contributed by atoms with van der Waals surface area (Å²) in [7, 11) is 0. The van der Waals surface area contributed by atoms with Crippen molar-refractivity contribution in [2.45, 2.75) is 31.8 Å². The summed E-state index contributed by atoms with van der Waals surface area (Å²) in [5.74, 6) is -0.0883. The average molecular weight is 329 g/mol. The number of benzene rings is 1. The first-order valence-electron chi connectivity index (χ1n) is 7.60. The molecule has 0 saturated carbocycles. The molecule has 1 amide bonds. The lowest BCUT2D eigenvalue weighted by Crippen LogP contribution is -2.38. The summed E-state index contributed by atoms with van der Waals surface area (Å²) in [5, 5.41) is 18.1. The summed E-state index contributed by atoms with van der Waals surface area (Å²) >= 11 is 1.64. The first-order valence-corrected chi connectivity index (χ1v) is 8.41. The molecule has 6 nitrogen and oxygen atoms in total. The van der Waals surface area contributed by atoms with Crippen LogP contribution in [0.15, 0.2) is 24.3 Å². The van der Waals surface area contributed by atoms with E-state index in [1.165, 1.54) is 29.0 Å². The van der Waals surface area contributed by atoms with Crippen molar-refractivity contribution in [2.24, 2.45) is 0 Å². The SMILES string of the molecule is O=C1N[C@@H](c2cccc([N+](=O)[O-])c2)Nc2sc3c(c21)CCCC3. The molecule has 2 aliphatic rings. The standard InChI is InChI=1S/C16H15N3O3S/c20-15-13-11-6-1-2-7-12(11)23-16(13)18-14(17-15)9-4-3-5-10(8-9)19(21)22/h3-5,8,14,18H,1-2,6-7H2,(H,17,20)/t14-/m1/s1. The lowest BCUT2D eigenvalue weighted by molar-refractivity contribution is -0.384. The molecule has 118 valence electrons. The predicted molar refractivity (Wildman–Crippen MR) is 87.9 cm³/mol. The third kappa shape index (κ3) is 2.37. The van der Waals surface area contributed by atoms with E-state index in [1.807, 2.05) is 0 Å². The second-order valence-corrected chi connectivity index (χ2v) is 6.92. The number of hydrogen-bond acceptors (Lipinski definition) is 5. The molecule has 1 aliphatic carbocycles. The van der Waals surface area contributed by atoms with Crippen molar-refractivity contribution in [3.05, 3.63) is 55.9 Å². The van der Waals surface area contributed by atoms with Crippen LogP contribution in [0, 0.1) is 10.1 Å². The van der Waals surface area contributed by atoms with Crippen LogP contribution in [0.3, 0.4) is 0 Å². The first-order chi connectivity index (χ1) is 11.1. The molecule has 1 aliphatic heterocycles. The van der Waals surface area contributed by atoms with Gasteiger partial charge in [0.25, 0.3) is 11.6 Å². The number of nitro groups is 1. The van der Waals surface area contributed by atoms with Gasteiger partial charge in [-0.05, 0) is 31.2 Å². The van der Waals surface area contributed by atoms with E-state index in [2.05, 4.69) is 10.6 Å². The number of anilines is 1. The van der Waals surface area contributed by atoms with Gasteiger partial charge in [-0.15, -0.1) is 11.3 Å². The molecule has 1 aromatic heterocycles. The molecule has 2 N–H and O–H groups in total. The number of nitrogens with one attached hydrogen (secondary N) is 2. The number of fused-ring (bicyclic) bond motifs is 3. The Bertz CT molecular complexity index is 815. The van der Waals surface area contributed by atoms with Crippen molar-refractivity contribution in [3.63, 3.8) is 0 Å². The number of non-ortho nitro benzene ring substituents is 1. The Labute approximate surface area is 136 Å². The van der Waals surface area contributed by atoms with E-state index in [4.69, 9.17) is 0 Å². The summed E-state index contributed by atoms with van der Waals surface area (Å²) < 4.78 is 0. The Kier molecular flexibility index (Phi) is 3.30.